The van der Waals surface area contributed by atoms with E-state index in [0.29, 0.717) is 16.7 Å². The number of hydrogen-bond acceptors (Lipinski definition) is 5. The third-order valence-electron chi connectivity index (χ3n) is 7.58. The van der Waals surface area contributed by atoms with E-state index in [0.717, 1.165) is 24.0 Å². The van der Waals surface area contributed by atoms with E-state index in [9.17, 15) is 23.2 Å². The van der Waals surface area contributed by atoms with Gasteiger partial charge < -0.3 is 25.5 Å². The molecule has 2 fully saturated rings. The maximum absolute atomic E-state index is 14.0. The summed E-state index contributed by atoms with van der Waals surface area (Å²) >= 11 is 0. The van der Waals surface area contributed by atoms with Gasteiger partial charge in [0, 0.05) is 23.8 Å². The summed E-state index contributed by atoms with van der Waals surface area (Å²) < 4.78 is 39.0. The van der Waals surface area contributed by atoms with Crippen molar-refractivity contribution < 1.29 is 32.3 Å². The van der Waals surface area contributed by atoms with E-state index in [4.69, 9.17) is 14.9 Å². The molecule has 38 heavy (non-hydrogen) atoms. The number of fused-ring (bicyclic) bond motifs is 1. The largest absolute Gasteiger partial charge is 0.496 e. The minimum absolute atomic E-state index is 0.0269. The van der Waals surface area contributed by atoms with Crippen LogP contribution in [0.2, 0.25) is 0 Å². The number of rotatable bonds is 7. The quantitative estimate of drug-likeness (QED) is 0.418. The van der Waals surface area contributed by atoms with Gasteiger partial charge in [-0.3, -0.25) is 14.4 Å². The van der Waals surface area contributed by atoms with Crippen LogP contribution >= 0.6 is 0 Å². The number of carbonyl (C=O) groups is 3. The second-order valence-electron chi connectivity index (χ2n) is 10.5. The molecule has 5 rings (SSSR count). The van der Waals surface area contributed by atoms with Crippen molar-refractivity contribution in [2.45, 2.75) is 62.4 Å². The van der Waals surface area contributed by atoms with Gasteiger partial charge in [0.25, 0.3) is 11.8 Å². The van der Waals surface area contributed by atoms with Gasteiger partial charge in [-0.1, -0.05) is 18.2 Å². The van der Waals surface area contributed by atoms with E-state index < -0.39 is 42.0 Å². The fourth-order valence-electron chi connectivity index (χ4n) is 4.83. The van der Waals surface area contributed by atoms with Crippen molar-refractivity contribution in [2.75, 3.05) is 7.11 Å². The van der Waals surface area contributed by atoms with E-state index in [1.54, 1.807) is 36.4 Å². The van der Waals surface area contributed by atoms with Crippen LogP contribution in [0.1, 0.15) is 66.4 Å². The minimum atomic E-state index is -2.87. The second-order valence-corrected chi connectivity index (χ2v) is 10.5. The molecule has 0 aliphatic heterocycles. The van der Waals surface area contributed by atoms with Crippen LogP contribution in [0.25, 0.3) is 22.1 Å². The Labute approximate surface area is 217 Å². The molecule has 1 aromatic heterocycles. The Morgan fingerprint density at radius 1 is 0.921 bits per heavy atom. The molecule has 3 aromatic rings. The lowest BCUT2D eigenvalue weighted by atomic mass is 9.78. The van der Waals surface area contributed by atoms with Gasteiger partial charge in [-0.05, 0) is 68.0 Å². The molecule has 200 valence electrons. The van der Waals surface area contributed by atoms with E-state index in [2.05, 4.69) is 10.6 Å². The van der Waals surface area contributed by atoms with Crippen LogP contribution in [0.4, 0.5) is 8.78 Å². The first-order valence-electron chi connectivity index (χ1n) is 12.5. The second kappa shape index (κ2) is 9.11. The van der Waals surface area contributed by atoms with Gasteiger partial charge in [0.2, 0.25) is 11.8 Å². The Morgan fingerprint density at radius 2 is 1.58 bits per heavy atom. The Hall–Kier alpha value is -3.95. The van der Waals surface area contributed by atoms with Gasteiger partial charge in [-0.2, -0.15) is 0 Å². The molecule has 2 aromatic carbocycles. The highest BCUT2D eigenvalue weighted by atomic mass is 19.3. The third kappa shape index (κ3) is 4.94. The summed E-state index contributed by atoms with van der Waals surface area (Å²) in [5, 5.41) is 6.32. The summed E-state index contributed by atoms with van der Waals surface area (Å²) in [4.78, 5) is 38.1. The molecule has 2 aliphatic carbocycles. The molecule has 2 saturated carbocycles. The summed E-state index contributed by atoms with van der Waals surface area (Å²) in [6.07, 6.45) is 0.310. The predicted molar refractivity (Wildman–Crippen MR) is 136 cm³/mol. The molecule has 2 aliphatic rings. The zero-order valence-electron chi connectivity index (χ0n) is 21.2. The highest BCUT2D eigenvalue weighted by Gasteiger charge is 2.51. The van der Waals surface area contributed by atoms with Crippen LogP contribution in [0.3, 0.4) is 0 Å². The van der Waals surface area contributed by atoms with Gasteiger partial charge in [-0.15, -0.1) is 0 Å². The molecule has 0 saturated heterocycles. The fourth-order valence-corrected chi connectivity index (χ4v) is 4.83. The topological polar surface area (TPSA) is 124 Å². The van der Waals surface area contributed by atoms with Crippen molar-refractivity contribution in [2.24, 2.45) is 5.73 Å². The maximum atomic E-state index is 14.0. The molecule has 1 heterocycles. The molecule has 10 heteroatoms. The van der Waals surface area contributed by atoms with Gasteiger partial charge in [0.1, 0.15) is 16.9 Å². The smallest absolute Gasteiger partial charge is 0.287 e. The number of furan rings is 1. The molecular weight excluding hydrogens is 496 g/mol. The molecule has 8 nitrogen and oxygen atoms in total. The molecule has 0 spiro atoms. The zero-order valence-corrected chi connectivity index (χ0v) is 21.2. The number of hydrogen-bond donors (Lipinski definition) is 3. The Bertz CT molecular complexity index is 1430. The molecule has 0 atom stereocenters. The first-order chi connectivity index (χ1) is 17.9. The average Bonchev–Trinajstić information content (AvgIpc) is 3.44. The van der Waals surface area contributed by atoms with Crippen LogP contribution < -0.4 is 21.1 Å². The lowest BCUT2D eigenvalue weighted by Crippen LogP contribution is -2.62. The summed E-state index contributed by atoms with van der Waals surface area (Å²) in [5.74, 6) is -4.25. The number of benzene rings is 2. The summed E-state index contributed by atoms with van der Waals surface area (Å²) in [7, 11) is 1.44. The Balaban J connectivity index is 1.40. The van der Waals surface area contributed by atoms with E-state index >= 15 is 0 Å². The highest BCUT2D eigenvalue weighted by molar-refractivity contribution is 6.01. The fraction of sp³-hybridized carbons (Fsp3) is 0.393. The van der Waals surface area contributed by atoms with Crippen LogP contribution in [0.15, 0.2) is 46.9 Å². The lowest BCUT2D eigenvalue weighted by molar-refractivity contribution is -0.133. The number of carbonyl (C=O) groups excluding carboxylic acids is 3. The molecular formula is C28H29F2N3O5. The average molecular weight is 526 g/mol. The molecule has 0 bridgehead atoms. The van der Waals surface area contributed by atoms with Crippen molar-refractivity contribution in [1.29, 1.82) is 0 Å². The zero-order chi connectivity index (χ0) is 27.3. The van der Waals surface area contributed by atoms with Crippen molar-refractivity contribution in [3.8, 4) is 16.9 Å². The van der Waals surface area contributed by atoms with Gasteiger partial charge in [0.05, 0.1) is 12.7 Å². The predicted octanol–water partition coefficient (Wildman–Crippen LogP) is 4.55. The standard InChI is InChI=1S/C28H29F2N3O5/c1-26(7-8-26)33-25(36)27(9-11-28(29,30)12-10-27)32-24(35)22-15-18-4-3-16(13-20(18)38-22)17-5-6-19(23(31)34)21(14-17)37-2/h3-6,13-15H,7-12H2,1-2H3,(H2,31,34)(H,32,35)(H,33,36). The van der Waals surface area contributed by atoms with Crippen LogP contribution in [-0.4, -0.2) is 41.8 Å². The molecule has 0 radical (unpaired) electrons. The number of primary amides is 1. The van der Waals surface area contributed by atoms with E-state index in [1.165, 1.54) is 7.11 Å². The number of alkyl halides is 2. The van der Waals surface area contributed by atoms with Crippen molar-refractivity contribution in [1.82, 2.24) is 10.6 Å². The van der Waals surface area contributed by atoms with E-state index in [1.807, 2.05) is 13.0 Å². The lowest BCUT2D eigenvalue weighted by Gasteiger charge is -2.39. The number of ether oxygens (including phenoxy) is 1. The van der Waals surface area contributed by atoms with Crippen LogP contribution in [0, 0.1) is 0 Å². The monoisotopic (exact) mass is 525 g/mol. The summed E-state index contributed by atoms with van der Waals surface area (Å²) in [5.41, 5.74) is 5.76. The third-order valence-corrected chi connectivity index (χ3v) is 7.58. The summed E-state index contributed by atoms with van der Waals surface area (Å²) in [6.45, 7) is 1.89. The number of methoxy groups -OCH3 is 1. The molecule has 4 N–H and O–H groups in total. The Kier molecular flexibility index (Phi) is 6.16. The normalized spacial score (nSPS) is 18.9. The maximum Gasteiger partial charge on any atom is 0.287 e. The SMILES string of the molecule is COc1cc(-c2ccc3cc(C(=O)NC4(C(=O)NC5(C)CC5)CCC(F)(F)CC4)oc3c2)ccc1C(N)=O. The number of amides is 3. The first-order valence-corrected chi connectivity index (χ1v) is 12.5. The van der Waals surface area contributed by atoms with Crippen molar-refractivity contribution in [3.63, 3.8) is 0 Å². The van der Waals surface area contributed by atoms with Crippen LogP contribution in [0.5, 0.6) is 5.75 Å². The molecule has 3 amide bonds. The van der Waals surface area contributed by atoms with Crippen molar-refractivity contribution in [3.05, 3.63) is 53.8 Å². The number of halogens is 2. The van der Waals surface area contributed by atoms with Crippen molar-refractivity contribution >= 4 is 28.7 Å². The number of nitrogens with two attached hydrogens (primary N) is 1. The Morgan fingerprint density at radius 3 is 2.21 bits per heavy atom. The van der Waals surface area contributed by atoms with Gasteiger partial charge in [-0.25, -0.2) is 8.78 Å². The van der Waals surface area contributed by atoms with Crippen LogP contribution in [-0.2, 0) is 4.79 Å². The van der Waals surface area contributed by atoms with E-state index in [-0.39, 0.29) is 29.7 Å². The van der Waals surface area contributed by atoms with Gasteiger partial charge in [0.15, 0.2) is 5.76 Å². The minimum Gasteiger partial charge on any atom is -0.496 e. The molecule has 0 unspecified atom stereocenters. The van der Waals surface area contributed by atoms with Gasteiger partial charge >= 0.3 is 0 Å². The number of nitrogens with one attached hydrogen (secondary N) is 2. The highest BCUT2D eigenvalue weighted by Crippen LogP contribution is 2.41. The first kappa shape index (κ1) is 25.7. The summed E-state index contributed by atoms with van der Waals surface area (Å²) in [6, 6.07) is 11.9.